The van der Waals surface area contributed by atoms with E-state index in [-0.39, 0.29) is 17.7 Å². The smallest absolute Gasteiger partial charge is 0.293 e. The number of nitrogens with zero attached hydrogens (tertiary/aromatic N) is 1. The molecule has 8 heteroatoms. The maximum absolute atomic E-state index is 12.8. The highest BCUT2D eigenvalue weighted by Gasteiger charge is 2.35. The van der Waals surface area contributed by atoms with E-state index >= 15 is 0 Å². The van der Waals surface area contributed by atoms with Gasteiger partial charge in [0, 0.05) is 9.50 Å². The molecule has 0 saturated carbocycles. The van der Waals surface area contributed by atoms with E-state index in [0.29, 0.717) is 28.0 Å². The number of imide groups is 1. The van der Waals surface area contributed by atoms with Crippen molar-refractivity contribution in [2.24, 2.45) is 0 Å². The molecule has 33 heavy (non-hydrogen) atoms. The van der Waals surface area contributed by atoms with Crippen molar-refractivity contribution in [2.45, 2.75) is 13.2 Å². The highest BCUT2D eigenvalue weighted by molar-refractivity contribution is 9.10. The predicted octanol–water partition coefficient (Wildman–Crippen LogP) is 6.93. The van der Waals surface area contributed by atoms with E-state index in [1.165, 1.54) is 4.90 Å². The predicted molar refractivity (Wildman–Crippen MR) is 134 cm³/mol. The van der Waals surface area contributed by atoms with Crippen molar-refractivity contribution in [1.82, 2.24) is 4.90 Å². The lowest BCUT2D eigenvalue weighted by molar-refractivity contribution is -0.123. The van der Waals surface area contributed by atoms with Crippen LogP contribution in [0.25, 0.3) is 6.08 Å². The first-order chi connectivity index (χ1) is 15.9. The van der Waals surface area contributed by atoms with Gasteiger partial charge in [-0.3, -0.25) is 14.5 Å². The fourth-order valence-electron chi connectivity index (χ4n) is 3.24. The molecule has 0 aromatic heterocycles. The number of hydrogen-bond acceptors (Lipinski definition) is 5. The van der Waals surface area contributed by atoms with Crippen molar-refractivity contribution in [2.75, 3.05) is 7.11 Å². The molecule has 1 heterocycles. The molecule has 1 fully saturated rings. The van der Waals surface area contributed by atoms with Crippen LogP contribution in [0.5, 0.6) is 11.5 Å². The summed E-state index contributed by atoms with van der Waals surface area (Å²) in [4.78, 5) is 26.9. The number of rotatable bonds is 7. The van der Waals surface area contributed by atoms with Gasteiger partial charge in [-0.1, -0.05) is 57.9 Å². The largest absolute Gasteiger partial charge is 0.493 e. The molecule has 4 rings (SSSR count). The number of amides is 2. The van der Waals surface area contributed by atoms with E-state index in [1.807, 2.05) is 48.5 Å². The molecule has 1 aliphatic rings. The molecule has 0 radical (unpaired) electrons. The summed E-state index contributed by atoms with van der Waals surface area (Å²) in [5, 5.41) is 0.357. The van der Waals surface area contributed by atoms with E-state index in [1.54, 1.807) is 31.4 Å². The fraction of sp³-hybridized carbons (Fsp3) is 0.120. The molecule has 5 nitrogen and oxygen atoms in total. The van der Waals surface area contributed by atoms with Crippen molar-refractivity contribution < 1.29 is 19.1 Å². The van der Waals surface area contributed by atoms with E-state index in [0.717, 1.165) is 32.9 Å². The number of methoxy groups -OCH3 is 1. The van der Waals surface area contributed by atoms with Crippen LogP contribution >= 0.6 is 39.3 Å². The topological polar surface area (TPSA) is 55.8 Å². The van der Waals surface area contributed by atoms with Gasteiger partial charge in [-0.05, 0) is 70.9 Å². The number of ether oxygens (including phenoxy) is 2. The normalized spacial score (nSPS) is 14.8. The Morgan fingerprint density at radius 2 is 1.79 bits per heavy atom. The van der Waals surface area contributed by atoms with Crippen molar-refractivity contribution in [3.63, 3.8) is 0 Å². The molecule has 2 amide bonds. The highest BCUT2D eigenvalue weighted by Crippen LogP contribution is 2.35. The Morgan fingerprint density at radius 1 is 1.00 bits per heavy atom. The van der Waals surface area contributed by atoms with E-state index in [2.05, 4.69) is 15.9 Å². The Morgan fingerprint density at radius 3 is 2.52 bits per heavy atom. The first-order valence-corrected chi connectivity index (χ1v) is 12.0. The van der Waals surface area contributed by atoms with Crippen LogP contribution in [-0.4, -0.2) is 23.2 Å². The number of thioether (sulfide) groups is 1. The van der Waals surface area contributed by atoms with E-state index < -0.39 is 0 Å². The van der Waals surface area contributed by atoms with Crippen LogP contribution in [0.15, 0.2) is 76.1 Å². The summed E-state index contributed by atoms with van der Waals surface area (Å²) in [6, 6.07) is 20.3. The van der Waals surface area contributed by atoms with Gasteiger partial charge in [0.1, 0.15) is 6.61 Å². The van der Waals surface area contributed by atoms with Crippen LogP contribution in [0.4, 0.5) is 4.79 Å². The molecule has 0 bridgehead atoms. The molecule has 0 aliphatic carbocycles. The Balaban J connectivity index is 1.48. The minimum atomic E-state index is -0.312. The molecule has 3 aromatic rings. The van der Waals surface area contributed by atoms with Crippen molar-refractivity contribution >= 4 is 56.5 Å². The molecular formula is C25H19BrClNO4S. The first-order valence-electron chi connectivity index (χ1n) is 9.98. The fourth-order valence-corrected chi connectivity index (χ4v) is 4.56. The van der Waals surface area contributed by atoms with Crippen molar-refractivity contribution in [3.05, 3.63) is 97.8 Å². The zero-order valence-electron chi connectivity index (χ0n) is 17.6. The van der Waals surface area contributed by atoms with E-state index in [4.69, 9.17) is 21.1 Å². The van der Waals surface area contributed by atoms with Gasteiger partial charge in [0.05, 0.1) is 18.6 Å². The summed E-state index contributed by atoms with van der Waals surface area (Å²) >= 11 is 10.3. The van der Waals surface area contributed by atoms with Crippen molar-refractivity contribution in [1.29, 1.82) is 0 Å². The van der Waals surface area contributed by atoms with Gasteiger partial charge in [0.2, 0.25) is 0 Å². The van der Waals surface area contributed by atoms with Crippen LogP contribution in [-0.2, 0) is 17.9 Å². The summed E-state index contributed by atoms with van der Waals surface area (Å²) in [7, 11) is 1.55. The minimum Gasteiger partial charge on any atom is -0.493 e. The number of hydrogen-bond donors (Lipinski definition) is 0. The number of carbonyl (C=O) groups excluding carboxylic acids is 2. The number of carbonyl (C=O) groups is 2. The van der Waals surface area contributed by atoms with Gasteiger partial charge in [-0.25, -0.2) is 0 Å². The molecule has 0 unspecified atom stereocenters. The maximum Gasteiger partial charge on any atom is 0.293 e. The van der Waals surface area contributed by atoms with Gasteiger partial charge in [-0.15, -0.1) is 0 Å². The first kappa shape index (κ1) is 23.4. The third kappa shape index (κ3) is 5.79. The molecule has 1 aliphatic heterocycles. The van der Waals surface area contributed by atoms with Crippen molar-refractivity contribution in [3.8, 4) is 11.5 Å². The van der Waals surface area contributed by atoms with Crippen LogP contribution in [0.1, 0.15) is 16.7 Å². The van der Waals surface area contributed by atoms with E-state index in [9.17, 15) is 9.59 Å². The molecule has 0 atom stereocenters. The quantitative estimate of drug-likeness (QED) is 0.302. The lowest BCUT2D eigenvalue weighted by atomic mass is 10.1. The second kappa shape index (κ2) is 10.5. The van der Waals surface area contributed by atoms with Gasteiger partial charge in [-0.2, -0.15) is 0 Å². The lowest BCUT2D eigenvalue weighted by Crippen LogP contribution is -2.27. The zero-order chi connectivity index (χ0) is 23.4. The molecule has 0 spiro atoms. The number of halogens is 2. The Bertz CT molecular complexity index is 1230. The Hall–Kier alpha value is -2.74. The van der Waals surface area contributed by atoms with Crippen LogP contribution < -0.4 is 9.47 Å². The zero-order valence-corrected chi connectivity index (χ0v) is 20.7. The third-order valence-electron chi connectivity index (χ3n) is 4.90. The average Bonchev–Trinajstić information content (AvgIpc) is 3.06. The second-order valence-electron chi connectivity index (χ2n) is 7.22. The summed E-state index contributed by atoms with van der Waals surface area (Å²) in [6.07, 6.45) is 1.69. The summed E-state index contributed by atoms with van der Waals surface area (Å²) in [5.41, 5.74) is 2.55. The van der Waals surface area contributed by atoms with Crippen LogP contribution in [0.2, 0.25) is 5.02 Å². The van der Waals surface area contributed by atoms with Gasteiger partial charge in [0.25, 0.3) is 11.1 Å². The molecular weight excluding hydrogens is 526 g/mol. The number of benzene rings is 3. The lowest BCUT2D eigenvalue weighted by Gasteiger charge is -2.13. The maximum atomic E-state index is 12.8. The molecule has 0 N–H and O–H groups in total. The standard InChI is InChI=1S/C25H19BrClNO4S/c1-31-22-12-17(7-10-21(22)32-15-18-3-2-4-20(27)11-18)13-23-24(29)28(25(30)33-23)14-16-5-8-19(26)9-6-16/h2-13H,14-15H2,1H3/b23-13-. The highest BCUT2D eigenvalue weighted by atomic mass is 79.9. The SMILES string of the molecule is COc1cc(/C=C2\SC(=O)N(Cc3ccc(Br)cc3)C2=O)ccc1OCc1cccc(Cl)c1. The Kier molecular flexibility index (Phi) is 7.42. The second-order valence-corrected chi connectivity index (χ2v) is 9.57. The average molecular weight is 545 g/mol. The third-order valence-corrected chi connectivity index (χ3v) is 6.57. The van der Waals surface area contributed by atoms with Crippen LogP contribution in [0, 0.1) is 0 Å². The van der Waals surface area contributed by atoms with Gasteiger partial charge in [0.15, 0.2) is 11.5 Å². The molecule has 3 aromatic carbocycles. The summed E-state index contributed by atoms with van der Waals surface area (Å²) in [5.74, 6) is 0.783. The monoisotopic (exact) mass is 543 g/mol. The Labute approximate surface area is 209 Å². The van der Waals surface area contributed by atoms with Gasteiger partial charge >= 0.3 is 0 Å². The summed E-state index contributed by atoms with van der Waals surface area (Å²) < 4.78 is 12.3. The molecule has 168 valence electrons. The molecule has 1 saturated heterocycles. The minimum absolute atomic E-state index is 0.231. The van der Waals surface area contributed by atoms with Gasteiger partial charge < -0.3 is 9.47 Å². The summed E-state index contributed by atoms with van der Waals surface area (Å²) in [6.45, 7) is 0.570. The van der Waals surface area contributed by atoms with Crippen LogP contribution in [0.3, 0.4) is 0 Å².